The van der Waals surface area contributed by atoms with E-state index in [2.05, 4.69) is 36.2 Å². The molecule has 118 valence electrons. The third-order valence-corrected chi connectivity index (χ3v) is 3.99. The summed E-state index contributed by atoms with van der Waals surface area (Å²) in [5.41, 5.74) is 4.61. The summed E-state index contributed by atoms with van der Waals surface area (Å²) in [6.07, 6.45) is 6.34. The second kappa shape index (κ2) is 8.51. The summed E-state index contributed by atoms with van der Waals surface area (Å²) in [7, 11) is 5.55. The number of pyridine rings is 1. The Labute approximate surface area is 139 Å². The minimum absolute atomic E-state index is 0.364. The van der Waals surface area contributed by atoms with E-state index in [1.807, 2.05) is 18.3 Å². The lowest BCUT2D eigenvalue weighted by Gasteiger charge is -2.08. The molecule has 2 radical (unpaired) electrons. The van der Waals surface area contributed by atoms with Crippen LogP contribution < -0.4 is 0 Å². The fourth-order valence-corrected chi connectivity index (χ4v) is 2.47. The first-order valence-corrected chi connectivity index (χ1v) is 8.08. The summed E-state index contributed by atoms with van der Waals surface area (Å²) in [5, 5.41) is 8.82. The van der Waals surface area contributed by atoms with Crippen molar-refractivity contribution in [3.05, 3.63) is 65.0 Å². The Morgan fingerprint density at radius 2 is 1.74 bits per heavy atom. The van der Waals surface area contributed by atoms with Gasteiger partial charge < -0.3 is 5.11 Å². The lowest BCUT2D eigenvalue weighted by atomic mass is 9.82. The van der Waals surface area contributed by atoms with Crippen molar-refractivity contribution < 1.29 is 9.90 Å². The highest BCUT2D eigenvalue weighted by Crippen LogP contribution is 2.14. The highest BCUT2D eigenvalue weighted by atomic mass is 16.4. The van der Waals surface area contributed by atoms with Gasteiger partial charge in [0.1, 0.15) is 0 Å². The van der Waals surface area contributed by atoms with Gasteiger partial charge in [-0.2, -0.15) is 0 Å². The van der Waals surface area contributed by atoms with Crippen LogP contribution >= 0.6 is 0 Å². The highest BCUT2D eigenvalue weighted by molar-refractivity contribution is 6.22. The van der Waals surface area contributed by atoms with Crippen LogP contribution in [0, 0.1) is 0 Å². The zero-order valence-corrected chi connectivity index (χ0v) is 13.5. The molecule has 0 saturated carbocycles. The molecule has 0 aliphatic carbocycles. The molecule has 1 N–H and O–H groups in total. The lowest BCUT2D eigenvalue weighted by Crippen LogP contribution is -2.09. The molecule has 3 nitrogen and oxygen atoms in total. The average Bonchev–Trinajstić information content (AvgIpc) is 2.57. The molecule has 0 spiro atoms. The second-order valence-electron chi connectivity index (χ2n) is 5.83. The number of carboxylic acid groups (broad SMARTS) is 1. The van der Waals surface area contributed by atoms with Gasteiger partial charge >= 0.3 is 0 Å². The van der Waals surface area contributed by atoms with E-state index in [-0.39, 0.29) is 0 Å². The Hall–Kier alpha value is -2.10. The number of benzene rings is 1. The Kier molecular flexibility index (Phi) is 6.39. The number of rotatable bonds is 8. The first kappa shape index (κ1) is 17.3. The molecular formula is C19H22BNO2. The Morgan fingerprint density at radius 3 is 2.30 bits per heavy atom. The van der Waals surface area contributed by atoms with Gasteiger partial charge in [0.25, 0.3) is 5.97 Å². The molecular weight excluding hydrogens is 285 g/mol. The van der Waals surface area contributed by atoms with Crippen molar-refractivity contribution in [3.8, 4) is 0 Å². The monoisotopic (exact) mass is 307 g/mol. The van der Waals surface area contributed by atoms with E-state index in [1.165, 1.54) is 11.1 Å². The molecule has 2 aromatic rings. The number of nitrogens with zero attached hydrogens (tertiary/aromatic N) is 1. The summed E-state index contributed by atoms with van der Waals surface area (Å²) in [5.74, 6) is -1.80. The van der Waals surface area contributed by atoms with Crippen molar-refractivity contribution in [3.63, 3.8) is 0 Å². The Morgan fingerprint density at radius 1 is 1.09 bits per heavy atom. The zero-order chi connectivity index (χ0) is 16.7. The molecule has 0 aliphatic heterocycles. The standard InChI is InChI=1S/C19H22BNO2/c1-2-14-10-11-17(21-13-14)5-3-4-15-6-8-16(9-7-15)12-18(20)19(22)23/h6-11,13,18H,2-5,12H2,1H3,(H,22,23). The van der Waals surface area contributed by atoms with Crippen molar-refractivity contribution >= 4 is 13.8 Å². The smallest absolute Gasteiger partial charge is 0.297 e. The van der Waals surface area contributed by atoms with E-state index in [0.717, 1.165) is 36.9 Å². The molecule has 1 heterocycles. The van der Waals surface area contributed by atoms with Gasteiger partial charge in [-0.05, 0) is 54.9 Å². The number of carbonyl (C=O) groups is 1. The molecule has 2 rings (SSSR count). The predicted molar refractivity (Wildman–Crippen MR) is 92.9 cm³/mol. The second-order valence-corrected chi connectivity index (χ2v) is 5.83. The van der Waals surface area contributed by atoms with Crippen LogP contribution in [0.15, 0.2) is 42.6 Å². The van der Waals surface area contributed by atoms with E-state index in [4.69, 9.17) is 13.0 Å². The van der Waals surface area contributed by atoms with Crippen LogP contribution in [-0.4, -0.2) is 23.9 Å². The SMILES string of the molecule is [B]C(Cc1ccc(CCCc2ccc(CC)cn2)cc1)C(=O)O. The number of hydrogen-bond donors (Lipinski definition) is 1. The molecule has 23 heavy (non-hydrogen) atoms. The van der Waals surface area contributed by atoms with Gasteiger partial charge in [0, 0.05) is 17.7 Å². The topological polar surface area (TPSA) is 50.2 Å². The van der Waals surface area contributed by atoms with Crippen LogP contribution in [0.2, 0.25) is 5.82 Å². The number of hydrogen-bond acceptors (Lipinski definition) is 2. The summed E-state index contributed by atoms with van der Waals surface area (Å²) in [6.45, 7) is 2.13. The number of aryl methyl sites for hydroxylation is 3. The predicted octanol–water partition coefficient (Wildman–Crippen LogP) is 3.40. The molecule has 0 aliphatic rings. The quantitative estimate of drug-likeness (QED) is 0.760. The summed E-state index contributed by atoms with van der Waals surface area (Å²) < 4.78 is 0. The maximum Gasteiger partial charge on any atom is 0.297 e. The molecule has 1 atom stereocenters. The zero-order valence-electron chi connectivity index (χ0n) is 13.5. The van der Waals surface area contributed by atoms with Crippen molar-refractivity contribution in [1.82, 2.24) is 4.98 Å². The largest absolute Gasteiger partial charge is 0.482 e. The molecule has 4 heteroatoms. The fourth-order valence-electron chi connectivity index (χ4n) is 2.47. The van der Waals surface area contributed by atoms with Crippen molar-refractivity contribution in [1.29, 1.82) is 0 Å². The molecule has 0 amide bonds. The first-order chi connectivity index (χ1) is 11.1. The van der Waals surface area contributed by atoms with E-state index in [9.17, 15) is 4.79 Å². The van der Waals surface area contributed by atoms with E-state index in [0.29, 0.717) is 6.42 Å². The van der Waals surface area contributed by atoms with E-state index in [1.54, 1.807) is 0 Å². The normalized spacial score (nSPS) is 12.0. The number of carboxylic acids is 1. The van der Waals surface area contributed by atoms with Gasteiger partial charge in [0.15, 0.2) is 0 Å². The maximum absolute atomic E-state index is 10.8. The highest BCUT2D eigenvalue weighted by Gasteiger charge is 2.10. The minimum Gasteiger partial charge on any atom is -0.482 e. The van der Waals surface area contributed by atoms with Crippen molar-refractivity contribution in [2.45, 2.75) is 44.8 Å². The number of aliphatic carboxylic acids is 1. The Bertz CT molecular complexity index is 623. The van der Waals surface area contributed by atoms with Gasteiger partial charge in [-0.1, -0.05) is 37.3 Å². The molecule has 1 unspecified atom stereocenters. The van der Waals surface area contributed by atoms with E-state index < -0.39 is 11.8 Å². The molecule has 0 saturated heterocycles. The molecule has 1 aromatic heterocycles. The van der Waals surface area contributed by atoms with Gasteiger partial charge in [0.2, 0.25) is 0 Å². The molecule has 1 aromatic carbocycles. The minimum atomic E-state index is -0.962. The van der Waals surface area contributed by atoms with Crippen LogP contribution in [-0.2, 0) is 30.5 Å². The summed E-state index contributed by atoms with van der Waals surface area (Å²) in [4.78, 5) is 15.2. The summed E-state index contributed by atoms with van der Waals surface area (Å²) >= 11 is 0. The van der Waals surface area contributed by atoms with Crippen LogP contribution in [0.4, 0.5) is 0 Å². The molecule has 0 bridgehead atoms. The van der Waals surface area contributed by atoms with Gasteiger partial charge in [-0.3, -0.25) is 9.78 Å². The average molecular weight is 307 g/mol. The van der Waals surface area contributed by atoms with Crippen molar-refractivity contribution in [2.24, 2.45) is 0 Å². The maximum atomic E-state index is 10.8. The third kappa shape index (κ3) is 5.55. The van der Waals surface area contributed by atoms with Crippen LogP contribution in [0.25, 0.3) is 0 Å². The van der Waals surface area contributed by atoms with Crippen LogP contribution in [0.5, 0.6) is 0 Å². The van der Waals surface area contributed by atoms with E-state index >= 15 is 0 Å². The van der Waals surface area contributed by atoms with Gasteiger partial charge in [-0.15, -0.1) is 0 Å². The van der Waals surface area contributed by atoms with Crippen molar-refractivity contribution in [2.75, 3.05) is 0 Å². The lowest BCUT2D eigenvalue weighted by molar-refractivity contribution is -0.136. The van der Waals surface area contributed by atoms with Crippen LogP contribution in [0.1, 0.15) is 35.7 Å². The van der Waals surface area contributed by atoms with Crippen LogP contribution in [0.3, 0.4) is 0 Å². The summed E-state index contributed by atoms with van der Waals surface area (Å²) in [6, 6.07) is 12.3. The molecule has 0 fully saturated rings. The first-order valence-electron chi connectivity index (χ1n) is 8.08. The van der Waals surface area contributed by atoms with Gasteiger partial charge in [-0.25, -0.2) is 0 Å². The Balaban J connectivity index is 1.80. The number of aromatic nitrogens is 1. The fraction of sp³-hybridized carbons (Fsp3) is 0.368. The third-order valence-electron chi connectivity index (χ3n) is 3.99. The van der Waals surface area contributed by atoms with Gasteiger partial charge in [0.05, 0.1) is 7.85 Å².